The molecule has 16 heteroatoms. The fourth-order valence-electron chi connectivity index (χ4n) is 10.7. The van der Waals surface area contributed by atoms with Gasteiger partial charge in [0.2, 0.25) is 0 Å². The van der Waals surface area contributed by atoms with Gasteiger partial charge in [-0.3, -0.25) is 59.6 Å². The lowest BCUT2D eigenvalue weighted by Crippen LogP contribution is -2.48. The Morgan fingerprint density at radius 3 is 0.911 bits per heavy atom. The number of imide groups is 4. The number of rotatable bonds is 1. The molecule has 6 aliphatic heterocycles. The SMILES string of the molecule is O=C1NC(=O)c2c3c(c4c5c(c(-c6cc7c8c(c9c(c%10c8c6C(=O)NC%10=O)NC6CCCCC6N9)C(=O)NC7=O)cc1c25)C(=O)NC4=O)NC1CCCCC1N3. The molecule has 6 heterocycles. The van der Waals surface area contributed by atoms with E-state index in [4.69, 9.17) is 0 Å². The Balaban J connectivity index is 1.22. The number of amides is 8. The zero-order chi connectivity index (χ0) is 38.0. The van der Waals surface area contributed by atoms with Crippen LogP contribution in [0.1, 0.15) is 134 Å². The van der Waals surface area contributed by atoms with E-state index >= 15 is 0 Å². The van der Waals surface area contributed by atoms with Gasteiger partial charge in [-0.05, 0) is 48.9 Å². The number of nitrogens with one attached hydrogen (secondary N) is 8. The topological polar surface area (TPSA) is 233 Å². The highest BCUT2D eigenvalue weighted by Crippen LogP contribution is 2.53. The van der Waals surface area contributed by atoms with Crippen LogP contribution in [0.25, 0.3) is 32.7 Å². The normalized spacial score (nSPS) is 24.9. The Kier molecular flexibility index (Phi) is 5.89. The molecule has 8 N–H and O–H groups in total. The molecule has 4 aromatic carbocycles. The molecule has 2 fully saturated rings. The monoisotopic (exact) mass is 750 g/mol. The summed E-state index contributed by atoms with van der Waals surface area (Å²) in [6.07, 6.45) is 7.10. The number of hydrogen-bond donors (Lipinski definition) is 8. The molecule has 8 aliphatic rings. The molecule has 0 aromatic heterocycles. The molecule has 2 saturated carbocycles. The van der Waals surface area contributed by atoms with Crippen molar-refractivity contribution in [2.24, 2.45) is 0 Å². The highest BCUT2D eigenvalue weighted by molar-refractivity contribution is 6.41. The minimum absolute atomic E-state index is 0.0134. The van der Waals surface area contributed by atoms with Crippen molar-refractivity contribution >= 4 is 91.6 Å². The summed E-state index contributed by atoms with van der Waals surface area (Å²) in [5.74, 6) is -6.12. The number of anilines is 4. The minimum atomic E-state index is -0.846. The van der Waals surface area contributed by atoms with E-state index in [1.165, 1.54) is 12.1 Å². The molecule has 0 spiro atoms. The van der Waals surface area contributed by atoms with Gasteiger partial charge < -0.3 is 21.3 Å². The van der Waals surface area contributed by atoms with Crippen LogP contribution in [0.3, 0.4) is 0 Å². The van der Waals surface area contributed by atoms with Crippen molar-refractivity contribution in [3.8, 4) is 11.1 Å². The van der Waals surface area contributed by atoms with Crippen LogP contribution < -0.4 is 42.5 Å². The molecule has 4 aromatic rings. The first-order chi connectivity index (χ1) is 27.1. The first kappa shape index (κ1) is 31.5. The molecular formula is C40H30N8O8. The van der Waals surface area contributed by atoms with E-state index in [0.717, 1.165) is 51.4 Å². The molecule has 2 aliphatic carbocycles. The van der Waals surface area contributed by atoms with Crippen LogP contribution in [0.2, 0.25) is 0 Å². The summed E-state index contributed by atoms with van der Waals surface area (Å²) in [5.41, 5.74) is 1.48. The number of benzene rings is 4. The van der Waals surface area contributed by atoms with Gasteiger partial charge in [-0.2, -0.15) is 0 Å². The van der Waals surface area contributed by atoms with Crippen LogP contribution in [-0.4, -0.2) is 71.4 Å². The molecule has 4 unspecified atom stereocenters. The molecule has 8 amide bonds. The van der Waals surface area contributed by atoms with Crippen LogP contribution in [0.15, 0.2) is 12.1 Å². The van der Waals surface area contributed by atoms with Crippen LogP contribution >= 0.6 is 0 Å². The summed E-state index contributed by atoms with van der Waals surface area (Å²) in [6, 6.07) is 2.54. The average Bonchev–Trinajstić information content (AvgIpc) is 3.17. The summed E-state index contributed by atoms with van der Waals surface area (Å²) >= 11 is 0. The summed E-state index contributed by atoms with van der Waals surface area (Å²) < 4.78 is 0. The predicted octanol–water partition coefficient (Wildman–Crippen LogP) is 3.49. The maximum Gasteiger partial charge on any atom is 0.260 e. The van der Waals surface area contributed by atoms with Gasteiger partial charge in [0, 0.05) is 56.8 Å². The minimum Gasteiger partial charge on any atom is -0.378 e. The third kappa shape index (κ3) is 3.77. The van der Waals surface area contributed by atoms with Gasteiger partial charge in [-0.1, -0.05) is 25.7 Å². The third-order valence-electron chi connectivity index (χ3n) is 13.1. The molecule has 16 nitrogen and oxygen atoms in total. The van der Waals surface area contributed by atoms with Gasteiger partial charge in [0.15, 0.2) is 0 Å². The van der Waals surface area contributed by atoms with Gasteiger partial charge in [0.1, 0.15) is 0 Å². The van der Waals surface area contributed by atoms with Crippen molar-refractivity contribution in [1.82, 2.24) is 21.3 Å². The number of carbonyl (C=O) groups excluding carboxylic acids is 8. The van der Waals surface area contributed by atoms with Gasteiger partial charge in [-0.25, -0.2) is 0 Å². The number of fused-ring (bicyclic) bond motifs is 8. The molecular weight excluding hydrogens is 720 g/mol. The highest BCUT2D eigenvalue weighted by atomic mass is 16.2. The lowest BCUT2D eigenvalue weighted by Gasteiger charge is -2.42. The molecule has 56 heavy (non-hydrogen) atoms. The largest absolute Gasteiger partial charge is 0.378 e. The lowest BCUT2D eigenvalue weighted by atomic mass is 9.76. The second kappa shape index (κ2) is 10.5. The van der Waals surface area contributed by atoms with Gasteiger partial charge in [0.25, 0.3) is 47.3 Å². The smallest absolute Gasteiger partial charge is 0.260 e. The van der Waals surface area contributed by atoms with E-state index in [1.807, 2.05) is 0 Å². The average molecular weight is 751 g/mol. The van der Waals surface area contributed by atoms with Gasteiger partial charge >= 0.3 is 0 Å². The van der Waals surface area contributed by atoms with E-state index in [-0.39, 0.29) is 101 Å². The quantitative estimate of drug-likeness (QED) is 0.131. The van der Waals surface area contributed by atoms with Crippen molar-refractivity contribution in [3.63, 3.8) is 0 Å². The van der Waals surface area contributed by atoms with Gasteiger partial charge in [0.05, 0.1) is 56.1 Å². The third-order valence-corrected chi connectivity index (χ3v) is 13.1. The molecule has 12 rings (SSSR count). The fourth-order valence-corrected chi connectivity index (χ4v) is 10.7. The Morgan fingerprint density at radius 2 is 0.589 bits per heavy atom. The van der Waals surface area contributed by atoms with E-state index in [2.05, 4.69) is 42.5 Å². The molecule has 0 radical (unpaired) electrons. The van der Waals surface area contributed by atoms with Crippen LogP contribution in [0.5, 0.6) is 0 Å². The first-order valence-corrected chi connectivity index (χ1v) is 19.0. The van der Waals surface area contributed by atoms with E-state index in [1.54, 1.807) is 0 Å². The maximum absolute atomic E-state index is 14.2. The second-order valence-corrected chi connectivity index (χ2v) is 15.9. The van der Waals surface area contributed by atoms with Crippen molar-refractivity contribution < 1.29 is 38.4 Å². The summed E-state index contributed by atoms with van der Waals surface area (Å²) in [6.45, 7) is 0. The summed E-state index contributed by atoms with van der Waals surface area (Å²) in [4.78, 5) is 112. The Labute approximate surface area is 315 Å². The van der Waals surface area contributed by atoms with Crippen molar-refractivity contribution in [2.45, 2.75) is 75.5 Å². The predicted molar refractivity (Wildman–Crippen MR) is 201 cm³/mol. The maximum atomic E-state index is 14.2. The van der Waals surface area contributed by atoms with Gasteiger partial charge in [-0.15, -0.1) is 0 Å². The highest BCUT2D eigenvalue weighted by Gasteiger charge is 2.46. The zero-order valence-corrected chi connectivity index (χ0v) is 29.4. The zero-order valence-electron chi connectivity index (χ0n) is 29.4. The Morgan fingerprint density at radius 1 is 0.321 bits per heavy atom. The van der Waals surface area contributed by atoms with E-state index in [9.17, 15) is 38.4 Å². The molecule has 0 saturated heterocycles. The fraction of sp³-hybridized carbons (Fsp3) is 0.300. The van der Waals surface area contributed by atoms with Crippen LogP contribution in [0, 0.1) is 0 Å². The van der Waals surface area contributed by atoms with Crippen molar-refractivity contribution in [1.29, 1.82) is 0 Å². The van der Waals surface area contributed by atoms with E-state index in [0.29, 0.717) is 22.7 Å². The van der Waals surface area contributed by atoms with E-state index < -0.39 is 47.3 Å². The molecule has 0 bridgehead atoms. The Hall–Kier alpha value is -6.84. The first-order valence-electron chi connectivity index (χ1n) is 19.0. The summed E-state index contributed by atoms with van der Waals surface area (Å²) in [7, 11) is 0. The van der Waals surface area contributed by atoms with Crippen molar-refractivity contribution in [2.75, 3.05) is 21.3 Å². The van der Waals surface area contributed by atoms with Crippen molar-refractivity contribution in [3.05, 3.63) is 56.6 Å². The Bertz CT molecular complexity index is 2620. The standard InChI is InChI=1S/C40H30N8O8/c49-33-13-9-11(21-23-19(13)25(37(53)45-33)29-31(27(23)39(55)47-35(21)51)43-17-7-3-1-5-15(17)41-29)12-10-14-20-24-22(12)36(52)48-40(56)28(24)32-30(26(20)38(54)46-34(14)50)42-16-6-2-4-8-18(16)44-32/h9-10,15-18,41-44H,1-8H2,(H,45,49,53)(H,46,50,54)(H,47,51,55)(H,48,52,56). The van der Waals surface area contributed by atoms with Crippen LogP contribution in [0.4, 0.5) is 22.7 Å². The molecule has 278 valence electrons. The van der Waals surface area contributed by atoms with Crippen LogP contribution in [-0.2, 0) is 0 Å². The lowest BCUT2D eigenvalue weighted by molar-refractivity contribution is 0.0823. The number of carbonyl (C=O) groups is 8. The number of hydrogen-bond acceptors (Lipinski definition) is 12. The molecule has 4 atom stereocenters. The summed E-state index contributed by atoms with van der Waals surface area (Å²) in [5, 5.41) is 24.0. The second-order valence-electron chi connectivity index (χ2n) is 15.9.